The van der Waals surface area contributed by atoms with E-state index in [4.69, 9.17) is 4.74 Å². The Balaban J connectivity index is 4.54. The van der Waals surface area contributed by atoms with Gasteiger partial charge in [0.05, 0.1) is 19.5 Å². The minimum atomic E-state index is -0.0703. The lowest BCUT2D eigenvalue weighted by Crippen LogP contribution is -2.30. The second-order valence-corrected chi connectivity index (χ2v) is 17.8. The third-order valence-corrected chi connectivity index (χ3v) is 10.3. The lowest BCUT2D eigenvalue weighted by atomic mass is 9.72. The second kappa shape index (κ2) is 35.9. The fraction of sp³-hybridized carbons (Fsp3) is 0.854. The van der Waals surface area contributed by atoms with Gasteiger partial charge in [0.1, 0.15) is 6.10 Å². The van der Waals surface area contributed by atoms with Gasteiger partial charge in [-0.15, -0.1) is 0 Å². The fourth-order valence-corrected chi connectivity index (χ4v) is 7.35. The minimum absolute atomic E-state index is 0.000315. The van der Waals surface area contributed by atoms with Crippen molar-refractivity contribution in [2.45, 2.75) is 221 Å². The molecule has 0 aromatic rings. The molecule has 0 aromatic carbocycles. The van der Waals surface area contributed by atoms with Gasteiger partial charge in [-0.1, -0.05) is 143 Å². The molecule has 0 heterocycles. The molecule has 0 bridgehead atoms. The summed E-state index contributed by atoms with van der Waals surface area (Å²) < 4.78 is 6.25. The van der Waals surface area contributed by atoms with Crippen LogP contribution in [-0.4, -0.2) is 63.1 Å². The molecule has 0 saturated heterocycles. The summed E-state index contributed by atoms with van der Waals surface area (Å²) in [6.45, 7) is 16.4. The molecule has 5 nitrogen and oxygen atoms in total. The van der Waals surface area contributed by atoms with Crippen LogP contribution in [0.15, 0.2) is 34.3 Å². The minimum Gasteiger partial charge on any atom is -0.462 e. The maximum atomic E-state index is 13.3. The van der Waals surface area contributed by atoms with E-state index in [-0.39, 0.29) is 22.9 Å². The standard InChI is InChI=1S/C48H91N3O2/c1-9-11-13-15-19-25-31-38-49-40-33-27-21-17-23-29-35-45(53-46(52)43-48(5,6)44-47(3,4)37-42-51(7)8)36-30-24-18-22-28-34-41-50-39-32-26-20-16-14-12-10-2/h25-26,31-32,40-41,45H,9-24,27-30,33-39,42-44H2,1-8H3/b31-25-,32-26-,49-40+,50-41+. The zero-order valence-electron chi connectivity index (χ0n) is 36.9. The van der Waals surface area contributed by atoms with Crippen molar-refractivity contribution in [1.29, 1.82) is 0 Å². The van der Waals surface area contributed by atoms with Gasteiger partial charge in [-0.2, -0.15) is 0 Å². The van der Waals surface area contributed by atoms with Crippen LogP contribution in [0.3, 0.4) is 0 Å². The normalized spacial score (nSPS) is 13.0. The van der Waals surface area contributed by atoms with Gasteiger partial charge in [-0.25, -0.2) is 0 Å². The summed E-state index contributed by atoms with van der Waals surface area (Å²) in [6.07, 6.45) is 45.3. The van der Waals surface area contributed by atoms with Crippen LogP contribution in [0.5, 0.6) is 0 Å². The van der Waals surface area contributed by atoms with E-state index in [0.717, 1.165) is 71.0 Å². The van der Waals surface area contributed by atoms with Gasteiger partial charge in [-0.3, -0.25) is 14.8 Å². The molecule has 310 valence electrons. The first-order valence-corrected chi connectivity index (χ1v) is 22.6. The number of hydrogen-bond donors (Lipinski definition) is 0. The lowest BCUT2D eigenvalue weighted by Gasteiger charge is -2.35. The first-order valence-electron chi connectivity index (χ1n) is 22.6. The van der Waals surface area contributed by atoms with Crippen molar-refractivity contribution in [3.63, 3.8) is 0 Å². The van der Waals surface area contributed by atoms with Crippen molar-refractivity contribution < 1.29 is 9.53 Å². The summed E-state index contributed by atoms with van der Waals surface area (Å²) in [5.74, 6) is -0.000315. The average molecular weight is 742 g/mol. The molecule has 53 heavy (non-hydrogen) atoms. The van der Waals surface area contributed by atoms with Crippen LogP contribution in [0.2, 0.25) is 0 Å². The molecule has 0 unspecified atom stereocenters. The van der Waals surface area contributed by atoms with Crippen molar-refractivity contribution in [1.82, 2.24) is 4.90 Å². The number of nitrogens with zero attached hydrogens (tertiary/aromatic N) is 3. The topological polar surface area (TPSA) is 54.3 Å². The molecule has 0 aromatic heterocycles. The van der Waals surface area contributed by atoms with E-state index in [2.05, 4.69) is 107 Å². The first-order chi connectivity index (χ1) is 25.5. The van der Waals surface area contributed by atoms with Gasteiger partial charge >= 0.3 is 5.97 Å². The smallest absolute Gasteiger partial charge is 0.306 e. The molecule has 0 rings (SSSR count). The Labute approximate surface area is 331 Å². The number of hydrogen-bond acceptors (Lipinski definition) is 5. The van der Waals surface area contributed by atoms with E-state index < -0.39 is 0 Å². The molecule has 0 spiro atoms. The number of unbranched alkanes of at least 4 members (excludes halogenated alkanes) is 18. The molecular formula is C48H91N3O2. The summed E-state index contributed by atoms with van der Waals surface area (Å²) in [5.41, 5.74) is 0.124. The Morgan fingerprint density at radius 2 is 1.02 bits per heavy atom. The third-order valence-electron chi connectivity index (χ3n) is 10.3. The lowest BCUT2D eigenvalue weighted by molar-refractivity contribution is -0.152. The zero-order valence-corrected chi connectivity index (χ0v) is 36.9. The van der Waals surface area contributed by atoms with E-state index in [0.29, 0.717) is 6.42 Å². The second-order valence-electron chi connectivity index (χ2n) is 17.8. The van der Waals surface area contributed by atoms with E-state index >= 15 is 0 Å². The van der Waals surface area contributed by atoms with Crippen LogP contribution >= 0.6 is 0 Å². The number of esters is 1. The van der Waals surface area contributed by atoms with Gasteiger partial charge < -0.3 is 9.64 Å². The maximum Gasteiger partial charge on any atom is 0.306 e. The van der Waals surface area contributed by atoms with Crippen molar-refractivity contribution in [3.8, 4) is 0 Å². The van der Waals surface area contributed by atoms with E-state index in [1.165, 1.54) is 116 Å². The molecule has 0 fully saturated rings. The number of ether oxygens (including phenoxy) is 1. The Hall–Kier alpha value is -1.75. The molecule has 0 radical (unpaired) electrons. The SMILES string of the molecule is CCCCCC/C=C\C/N=C/CCCCCCCC(CCCCCCC/C=N/C/C=C\CCCCCC)OC(=O)CC(C)(C)CC(C)(C)CCN(C)C. The summed E-state index contributed by atoms with van der Waals surface area (Å²) in [7, 11) is 4.27. The molecule has 0 amide bonds. The number of aliphatic imine (C=N–C) groups is 2. The Morgan fingerprint density at radius 1 is 0.585 bits per heavy atom. The Morgan fingerprint density at radius 3 is 1.49 bits per heavy atom. The zero-order chi connectivity index (χ0) is 39.3. The quantitative estimate of drug-likeness (QED) is 0.0274. The largest absolute Gasteiger partial charge is 0.462 e. The highest BCUT2D eigenvalue weighted by Crippen LogP contribution is 2.39. The molecule has 0 aliphatic heterocycles. The van der Waals surface area contributed by atoms with Crippen molar-refractivity contribution >= 4 is 18.4 Å². The van der Waals surface area contributed by atoms with Gasteiger partial charge in [0.25, 0.3) is 0 Å². The highest BCUT2D eigenvalue weighted by molar-refractivity contribution is 5.70. The summed E-state index contributed by atoms with van der Waals surface area (Å²) in [5, 5.41) is 0. The molecule has 0 atom stereocenters. The van der Waals surface area contributed by atoms with Crippen molar-refractivity contribution in [3.05, 3.63) is 24.3 Å². The first kappa shape index (κ1) is 51.2. The van der Waals surface area contributed by atoms with E-state index in [1.807, 2.05) is 0 Å². The molecule has 0 saturated carbocycles. The fourth-order valence-electron chi connectivity index (χ4n) is 7.35. The van der Waals surface area contributed by atoms with E-state index in [9.17, 15) is 4.79 Å². The van der Waals surface area contributed by atoms with Gasteiger partial charge in [0.15, 0.2) is 0 Å². The highest BCUT2D eigenvalue weighted by Gasteiger charge is 2.32. The van der Waals surface area contributed by atoms with Crippen molar-refractivity contribution in [2.24, 2.45) is 20.8 Å². The number of carbonyl (C=O) groups excluding carboxylic acids is 1. The summed E-state index contributed by atoms with van der Waals surface area (Å²) in [6, 6.07) is 0. The molecule has 0 aliphatic carbocycles. The monoisotopic (exact) mass is 742 g/mol. The molecular weight excluding hydrogens is 651 g/mol. The van der Waals surface area contributed by atoms with Gasteiger partial charge in [0.2, 0.25) is 0 Å². The maximum absolute atomic E-state index is 13.3. The van der Waals surface area contributed by atoms with E-state index in [1.54, 1.807) is 0 Å². The highest BCUT2D eigenvalue weighted by atomic mass is 16.5. The Bertz CT molecular complexity index is 885. The Kier molecular flexibility index (Phi) is 34.7. The molecule has 0 N–H and O–H groups in total. The summed E-state index contributed by atoms with van der Waals surface area (Å²) in [4.78, 5) is 24.7. The van der Waals surface area contributed by atoms with Gasteiger partial charge in [-0.05, 0) is 134 Å². The number of carbonyl (C=O) groups is 1. The summed E-state index contributed by atoms with van der Waals surface area (Å²) >= 11 is 0. The average Bonchev–Trinajstić information content (AvgIpc) is 3.09. The van der Waals surface area contributed by atoms with Crippen LogP contribution in [-0.2, 0) is 9.53 Å². The van der Waals surface area contributed by atoms with Crippen LogP contribution < -0.4 is 0 Å². The predicted molar refractivity (Wildman–Crippen MR) is 237 cm³/mol. The number of rotatable bonds is 38. The molecule has 5 heteroatoms. The third kappa shape index (κ3) is 38.3. The predicted octanol–water partition coefficient (Wildman–Crippen LogP) is 14.3. The molecule has 0 aliphatic rings. The van der Waals surface area contributed by atoms with Crippen LogP contribution in [0.4, 0.5) is 0 Å². The van der Waals surface area contributed by atoms with Gasteiger partial charge in [0, 0.05) is 0 Å². The van der Waals surface area contributed by atoms with Crippen LogP contribution in [0.1, 0.15) is 215 Å². The number of allylic oxidation sites excluding steroid dienone is 2. The van der Waals surface area contributed by atoms with Crippen LogP contribution in [0.25, 0.3) is 0 Å². The van der Waals surface area contributed by atoms with Crippen molar-refractivity contribution in [2.75, 3.05) is 33.7 Å². The van der Waals surface area contributed by atoms with Crippen LogP contribution in [0, 0.1) is 10.8 Å².